The molecule has 3 rings (SSSR count). The first-order chi connectivity index (χ1) is 13.7. The lowest BCUT2D eigenvalue weighted by molar-refractivity contribution is 0.639. The summed E-state index contributed by atoms with van der Waals surface area (Å²) in [5.41, 5.74) is 2.61. The van der Waals surface area contributed by atoms with E-state index < -0.39 is 0 Å². The lowest BCUT2D eigenvalue weighted by Gasteiger charge is -2.20. The Morgan fingerprint density at radius 3 is 2.71 bits per heavy atom. The average Bonchev–Trinajstić information content (AvgIpc) is 3.19. The second-order valence-electron chi connectivity index (χ2n) is 7.26. The van der Waals surface area contributed by atoms with Crippen LogP contribution >= 0.6 is 0 Å². The van der Waals surface area contributed by atoms with Crippen LogP contribution in [0.5, 0.6) is 0 Å². The van der Waals surface area contributed by atoms with Gasteiger partial charge in [0.15, 0.2) is 5.96 Å². The molecule has 1 aromatic carbocycles. The van der Waals surface area contributed by atoms with E-state index in [-0.39, 0.29) is 0 Å². The molecule has 0 radical (unpaired) electrons. The van der Waals surface area contributed by atoms with E-state index in [0.29, 0.717) is 6.04 Å². The van der Waals surface area contributed by atoms with Gasteiger partial charge in [0.05, 0.1) is 0 Å². The van der Waals surface area contributed by atoms with Crippen molar-refractivity contribution in [3.63, 3.8) is 0 Å². The molecule has 0 bridgehead atoms. The average molecular weight is 381 g/mol. The number of aryl methyl sites for hydroxylation is 1. The van der Waals surface area contributed by atoms with Crippen molar-refractivity contribution in [3.05, 3.63) is 54.2 Å². The topological polar surface area (TPSA) is 64.6 Å². The molecule has 1 aliphatic heterocycles. The summed E-state index contributed by atoms with van der Waals surface area (Å²) in [5, 5.41) is 10.3. The van der Waals surface area contributed by atoms with Gasteiger partial charge in [0.1, 0.15) is 5.82 Å². The summed E-state index contributed by atoms with van der Waals surface area (Å²) in [4.78, 5) is 11.1. The molecule has 150 valence electrons. The third kappa shape index (κ3) is 6.15. The minimum absolute atomic E-state index is 0.429. The van der Waals surface area contributed by atoms with Crippen LogP contribution in [-0.4, -0.2) is 50.2 Å². The summed E-state index contributed by atoms with van der Waals surface area (Å²) >= 11 is 0. The van der Waals surface area contributed by atoms with E-state index in [1.165, 1.54) is 11.3 Å². The molecule has 28 heavy (non-hydrogen) atoms. The van der Waals surface area contributed by atoms with Crippen molar-refractivity contribution in [1.82, 2.24) is 15.6 Å². The highest BCUT2D eigenvalue weighted by Crippen LogP contribution is 2.20. The molecule has 0 aliphatic carbocycles. The van der Waals surface area contributed by atoms with E-state index in [4.69, 9.17) is 0 Å². The van der Waals surface area contributed by atoms with Crippen molar-refractivity contribution < 1.29 is 0 Å². The molecule has 1 unspecified atom stereocenters. The van der Waals surface area contributed by atoms with Gasteiger partial charge in [0, 0.05) is 51.2 Å². The molecule has 1 aliphatic rings. The first kappa shape index (κ1) is 20.0. The summed E-state index contributed by atoms with van der Waals surface area (Å²) < 4.78 is 0. The fourth-order valence-electron chi connectivity index (χ4n) is 3.40. The van der Waals surface area contributed by atoms with Crippen LogP contribution < -0.4 is 20.9 Å². The summed E-state index contributed by atoms with van der Waals surface area (Å²) in [6, 6.07) is 15.1. The molecule has 3 N–H and O–H groups in total. The zero-order valence-electron chi connectivity index (χ0n) is 17.0. The van der Waals surface area contributed by atoms with Gasteiger partial charge in [-0.2, -0.15) is 0 Å². The van der Waals surface area contributed by atoms with Crippen LogP contribution in [0.4, 0.5) is 11.5 Å². The van der Waals surface area contributed by atoms with Gasteiger partial charge in [-0.15, -0.1) is 0 Å². The smallest absolute Gasteiger partial charge is 0.191 e. The lowest BCUT2D eigenvalue weighted by Crippen LogP contribution is -2.44. The fourth-order valence-corrected chi connectivity index (χ4v) is 3.40. The number of nitrogens with zero attached hydrogens (tertiary/aromatic N) is 3. The highest BCUT2D eigenvalue weighted by atomic mass is 15.2. The molecule has 1 aromatic heterocycles. The molecule has 1 fully saturated rings. The number of aromatic nitrogens is 1. The predicted molar refractivity (Wildman–Crippen MR) is 118 cm³/mol. The summed E-state index contributed by atoms with van der Waals surface area (Å²) in [5.74, 6) is 1.83. The summed E-state index contributed by atoms with van der Waals surface area (Å²) in [6.45, 7) is 6.06. The van der Waals surface area contributed by atoms with Crippen LogP contribution in [0.15, 0.2) is 53.7 Å². The Labute approximate surface area is 168 Å². The van der Waals surface area contributed by atoms with E-state index in [1.54, 1.807) is 0 Å². The van der Waals surface area contributed by atoms with Gasteiger partial charge in [0.25, 0.3) is 0 Å². The quantitative estimate of drug-likeness (QED) is 0.373. The zero-order valence-corrected chi connectivity index (χ0v) is 17.0. The van der Waals surface area contributed by atoms with Crippen LogP contribution in [-0.2, 0) is 0 Å². The molecule has 0 saturated carbocycles. The van der Waals surface area contributed by atoms with Crippen molar-refractivity contribution >= 4 is 17.5 Å². The predicted octanol–water partition coefficient (Wildman–Crippen LogP) is 3.03. The van der Waals surface area contributed by atoms with Crippen LogP contribution in [0.25, 0.3) is 0 Å². The van der Waals surface area contributed by atoms with Gasteiger partial charge in [-0.25, -0.2) is 4.98 Å². The standard InChI is InChI=1S/C22H32N6/c1-18-8-10-20(11-9-18)28-16-12-19(17-28)27-22(23-2)26-15-6-5-14-25-21-7-3-4-13-24-21/h3-4,7-11,13,19H,5-6,12,14-17H2,1-2H3,(H,24,25)(H2,23,26,27). The molecule has 1 saturated heterocycles. The Morgan fingerprint density at radius 1 is 1.14 bits per heavy atom. The van der Waals surface area contributed by atoms with Crippen LogP contribution in [0.1, 0.15) is 24.8 Å². The van der Waals surface area contributed by atoms with Crippen molar-refractivity contribution in [1.29, 1.82) is 0 Å². The number of hydrogen-bond donors (Lipinski definition) is 3. The van der Waals surface area contributed by atoms with Gasteiger partial charge >= 0.3 is 0 Å². The molecule has 1 atom stereocenters. The maximum absolute atomic E-state index is 4.38. The minimum atomic E-state index is 0.429. The van der Waals surface area contributed by atoms with Crippen molar-refractivity contribution in [2.24, 2.45) is 4.99 Å². The first-order valence-corrected chi connectivity index (χ1v) is 10.2. The van der Waals surface area contributed by atoms with E-state index in [0.717, 1.165) is 57.2 Å². The third-order valence-electron chi connectivity index (χ3n) is 5.02. The third-order valence-corrected chi connectivity index (χ3v) is 5.02. The molecular formula is C22H32N6. The van der Waals surface area contributed by atoms with Gasteiger partial charge in [-0.1, -0.05) is 23.8 Å². The van der Waals surface area contributed by atoms with Gasteiger partial charge in [-0.05, 0) is 50.5 Å². The second-order valence-corrected chi connectivity index (χ2v) is 7.26. The summed E-state index contributed by atoms with van der Waals surface area (Å²) in [7, 11) is 1.84. The Kier molecular flexibility index (Phi) is 7.53. The molecular weight excluding hydrogens is 348 g/mol. The number of rotatable bonds is 8. The Balaban J connectivity index is 1.32. The van der Waals surface area contributed by atoms with Crippen LogP contribution in [0.2, 0.25) is 0 Å². The number of anilines is 2. The SMILES string of the molecule is CN=C(NCCCCNc1ccccn1)NC1CCN(c2ccc(C)cc2)C1. The molecule has 2 aromatic rings. The van der Waals surface area contributed by atoms with E-state index in [9.17, 15) is 0 Å². The van der Waals surface area contributed by atoms with Crippen LogP contribution in [0, 0.1) is 6.92 Å². The van der Waals surface area contributed by atoms with Crippen molar-refractivity contribution in [3.8, 4) is 0 Å². The fraction of sp³-hybridized carbons (Fsp3) is 0.455. The number of guanidine groups is 1. The van der Waals surface area contributed by atoms with Gasteiger partial charge < -0.3 is 20.9 Å². The van der Waals surface area contributed by atoms with Gasteiger partial charge in [0.2, 0.25) is 0 Å². The lowest BCUT2D eigenvalue weighted by atomic mass is 10.2. The Bertz CT molecular complexity index is 728. The molecule has 2 heterocycles. The Hall–Kier alpha value is -2.76. The number of nitrogens with one attached hydrogen (secondary N) is 3. The minimum Gasteiger partial charge on any atom is -0.370 e. The second kappa shape index (κ2) is 10.5. The van der Waals surface area contributed by atoms with Gasteiger partial charge in [-0.3, -0.25) is 4.99 Å². The normalized spacial score (nSPS) is 16.9. The number of hydrogen-bond acceptors (Lipinski definition) is 4. The van der Waals surface area contributed by atoms with E-state index in [2.05, 4.69) is 62.0 Å². The van der Waals surface area contributed by atoms with Crippen molar-refractivity contribution in [2.45, 2.75) is 32.2 Å². The monoisotopic (exact) mass is 380 g/mol. The highest BCUT2D eigenvalue weighted by Gasteiger charge is 2.23. The highest BCUT2D eigenvalue weighted by molar-refractivity contribution is 5.80. The van der Waals surface area contributed by atoms with E-state index >= 15 is 0 Å². The number of pyridine rings is 1. The van der Waals surface area contributed by atoms with Crippen LogP contribution in [0.3, 0.4) is 0 Å². The maximum atomic E-state index is 4.38. The largest absolute Gasteiger partial charge is 0.370 e. The van der Waals surface area contributed by atoms with Crippen molar-refractivity contribution in [2.75, 3.05) is 43.4 Å². The molecule has 0 spiro atoms. The number of aliphatic imine (C=N–C) groups is 1. The first-order valence-electron chi connectivity index (χ1n) is 10.2. The Morgan fingerprint density at radius 2 is 1.96 bits per heavy atom. The molecule has 0 amide bonds. The number of benzene rings is 1. The number of unbranched alkanes of at least 4 members (excludes halogenated alkanes) is 1. The molecule has 6 nitrogen and oxygen atoms in total. The van der Waals surface area contributed by atoms with E-state index in [1.807, 2.05) is 31.4 Å². The molecule has 6 heteroatoms. The summed E-state index contributed by atoms with van der Waals surface area (Å²) in [6.07, 6.45) is 5.11. The maximum Gasteiger partial charge on any atom is 0.191 e. The zero-order chi connectivity index (χ0) is 19.6.